The second kappa shape index (κ2) is 11.4. The Balaban J connectivity index is 0.000000770. The summed E-state index contributed by atoms with van der Waals surface area (Å²) >= 11 is 0. The summed E-state index contributed by atoms with van der Waals surface area (Å²) in [6, 6.07) is 6.16. The summed E-state index contributed by atoms with van der Waals surface area (Å²) in [5.41, 5.74) is 0. The Hall–Kier alpha value is -1.05. The van der Waals surface area contributed by atoms with Crippen LogP contribution in [-0.4, -0.2) is 6.61 Å². The summed E-state index contributed by atoms with van der Waals surface area (Å²) in [6.07, 6.45) is 6.02. The third-order valence-electron chi connectivity index (χ3n) is 2.08. The van der Waals surface area contributed by atoms with Crippen LogP contribution in [0.5, 0.6) is 5.75 Å². The minimum atomic E-state index is -0.219. The van der Waals surface area contributed by atoms with Crippen molar-refractivity contribution in [1.82, 2.24) is 0 Å². The Kier molecular flexibility index (Phi) is 10.7. The molecule has 0 radical (unpaired) electrons. The van der Waals surface area contributed by atoms with Crippen LogP contribution in [0, 0.1) is 5.82 Å². The molecule has 98 valence electrons. The first kappa shape index (κ1) is 16.0. The molecule has 1 aromatic rings. The lowest BCUT2D eigenvalue weighted by Gasteiger charge is -2.05. The van der Waals surface area contributed by atoms with E-state index in [9.17, 15) is 4.39 Å². The predicted molar refractivity (Wildman–Crippen MR) is 72.0 cm³/mol. The minimum absolute atomic E-state index is 0.219. The van der Waals surface area contributed by atoms with Gasteiger partial charge in [0.05, 0.1) is 6.61 Å². The quantitative estimate of drug-likeness (QED) is 0.621. The lowest BCUT2D eigenvalue weighted by atomic mass is 10.2. The monoisotopic (exact) mass is 240 g/mol. The molecule has 0 spiro atoms. The molecular formula is C15H25FO. The van der Waals surface area contributed by atoms with E-state index >= 15 is 0 Å². The van der Waals surface area contributed by atoms with Gasteiger partial charge in [-0.2, -0.15) is 0 Å². The Morgan fingerprint density at radius 1 is 0.941 bits per heavy atom. The van der Waals surface area contributed by atoms with Gasteiger partial charge in [-0.15, -0.1) is 0 Å². The molecular weight excluding hydrogens is 215 g/mol. The Labute approximate surface area is 105 Å². The zero-order chi connectivity index (χ0) is 12.9. The van der Waals surface area contributed by atoms with Crippen molar-refractivity contribution in [1.29, 1.82) is 0 Å². The van der Waals surface area contributed by atoms with Crippen molar-refractivity contribution < 1.29 is 9.13 Å². The van der Waals surface area contributed by atoms with Gasteiger partial charge in [0.1, 0.15) is 11.6 Å². The van der Waals surface area contributed by atoms with Gasteiger partial charge in [-0.05, 0) is 30.7 Å². The second-order valence-corrected chi connectivity index (χ2v) is 4.07. The molecule has 0 aliphatic carbocycles. The first-order valence-corrected chi connectivity index (χ1v) is 6.62. The van der Waals surface area contributed by atoms with Gasteiger partial charge in [-0.1, -0.05) is 46.5 Å². The van der Waals surface area contributed by atoms with Gasteiger partial charge in [-0.25, -0.2) is 4.39 Å². The molecule has 0 heterocycles. The first-order chi connectivity index (χ1) is 8.24. The van der Waals surface area contributed by atoms with E-state index in [-0.39, 0.29) is 5.82 Å². The van der Waals surface area contributed by atoms with Crippen LogP contribution < -0.4 is 4.74 Å². The summed E-state index contributed by atoms with van der Waals surface area (Å²) in [4.78, 5) is 0. The molecule has 2 heteroatoms. The molecule has 0 amide bonds. The molecule has 0 fully saturated rings. The molecule has 0 aliphatic rings. The maximum atomic E-state index is 12.5. The molecule has 0 bridgehead atoms. The third kappa shape index (κ3) is 9.86. The number of halogens is 1. The highest BCUT2D eigenvalue weighted by atomic mass is 19.1. The van der Waals surface area contributed by atoms with Gasteiger partial charge in [0, 0.05) is 0 Å². The molecule has 0 unspecified atom stereocenters. The number of hydrogen-bond acceptors (Lipinski definition) is 1. The Morgan fingerprint density at radius 3 is 2.06 bits per heavy atom. The van der Waals surface area contributed by atoms with Crippen LogP contribution in [0.15, 0.2) is 24.3 Å². The van der Waals surface area contributed by atoms with E-state index in [2.05, 4.69) is 20.8 Å². The van der Waals surface area contributed by atoms with Crippen LogP contribution in [-0.2, 0) is 0 Å². The van der Waals surface area contributed by atoms with E-state index < -0.39 is 0 Å². The smallest absolute Gasteiger partial charge is 0.123 e. The summed E-state index contributed by atoms with van der Waals surface area (Å²) in [5, 5.41) is 0. The van der Waals surface area contributed by atoms with Crippen LogP contribution in [0.4, 0.5) is 4.39 Å². The fourth-order valence-corrected chi connectivity index (χ4v) is 1.25. The maximum Gasteiger partial charge on any atom is 0.123 e. The normalized spacial score (nSPS) is 9.41. The van der Waals surface area contributed by atoms with Gasteiger partial charge in [-0.3, -0.25) is 0 Å². The number of benzene rings is 1. The molecule has 1 rings (SSSR count). The van der Waals surface area contributed by atoms with E-state index in [1.54, 1.807) is 12.1 Å². The van der Waals surface area contributed by atoms with E-state index in [0.717, 1.165) is 18.8 Å². The lowest BCUT2D eigenvalue weighted by Crippen LogP contribution is -1.96. The summed E-state index contributed by atoms with van der Waals surface area (Å²) in [7, 11) is 0. The van der Waals surface area contributed by atoms with Crippen molar-refractivity contribution in [3.05, 3.63) is 30.1 Å². The molecule has 0 saturated heterocycles. The molecule has 1 nitrogen and oxygen atoms in total. The fraction of sp³-hybridized carbons (Fsp3) is 0.600. The van der Waals surface area contributed by atoms with Gasteiger partial charge in [0.2, 0.25) is 0 Å². The van der Waals surface area contributed by atoms with Gasteiger partial charge < -0.3 is 4.74 Å². The maximum absolute atomic E-state index is 12.5. The summed E-state index contributed by atoms with van der Waals surface area (Å²) in [6.45, 7) is 7.16. The highest BCUT2D eigenvalue weighted by Gasteiger charge is 1.94. The van der Waals surface area contributed by atoms with Crippen molar-refractivity contribution >= 4 is 0 Å². The van der Waals surface area contributed by atoms with Crippen molar-refractivity contribution in [3.63, 3.8) is 0 Å². The third-order valence-corrected chi connectivity index (χ3v) is 2.08. The SMILES string of the molecule is CCC.CCCCCCOc1ccc(F)cc1. The highest BCUT2D eigenvalue weighted by molar-refractivity contribution is 5.21. The standard InChI is InChI=1S/C12H17FO.C3H8/c1-2-3-4-5-10-14-12-8-6-11(13)7-9-12;1-3-2/h6-9H,2-5,10H2,1H3;3H2,1-2H3. The van der Waals surface area contributed by atoms with Gasteiger partial charge in [0.25, 0.3) is 0 Å². The van der Waals surface area contributed by atoms with Crippen LogP contribution in [0.1, 0.15) is 52.9 Å². The molecule has 0 saturated carbocycles. The average Bonchev–Trinajstić information content (AvgIpc) is 2.32. The van der Waals surface area contributed by atoms with Crippen molar-refractivity contribution in [2.24, 2.45) is 0 Å². The number of hydrogen-bond donors (Lipinski definition) is 0. The van der Waals surface area contributed by atoms with Crippen molar-refractivity contribution in [3.8, 4) is 5.75 Å². The lowest BCUT2D eigenvalue weighted by molar-refractivity contribution is 0.304. The first-order valence-electron chi connectivity index (χ1n) is 6.62. The summed E-state index contributed by atoms with van der Waals surface area (Å²) in [5.74, 6) is 0.534. The Morgan fingerprint density at radius 2 is 1.53 bits per heavy atom. The van der Waals surface area contributed by atoms with E-state index in [1.165, 1.54) is 37.8 Å². The number of ether oxygens (including phenoxy) is 1. The molecule has 0 aliphatic heterocycles. The van der Waals surface area contributed by atoms with Crippen molar-refractivity contribution in [2.75, 3.05) is 6.61 Å². The average molecular weight is 240 g/mol. The molecule has 17 heavy (non-hydrogen) atoms. The van der Waals surface area contributed by atoms with Crippen LogP contribution >= 0.6 is 0 Å². The van der Waals surface area contributed by atoms with E-state index in [0.29, 0.717) is 0 Å². The summed E-state index contributed by atoms with van der Waals surface area (Å²) < 4.78 is 18.0. The van der Waals surface area contributed by atoms with E-state index in [4.69, 9.17) is 4.74 Å². The zero-order valence-corrected chi connectivity index (χ0v) is 11.3. The topological polar surface area (TPSA) is 9.23 Å². The zero-order valence-electron chi connectivity index (χ0n) is 11.3. The van der Waals surface area contributed by atoms with Gasteiger partial charge in [0.15, 0.2) is 0 Å². The van der Waals surface area contributed by atoms with Crippen LogP contribution in [0.3, 0.4) is 0 Å². The largest absolute Gasteiger partial charge is 0.494 e. The number of unbranched alkanes of at least 4 members (excludes halogenated alkanes) is 3. The molecule has 1 aromatic carbocycles. The number of rotatable bonds is 6. The molecule has 0 aromatic heterocycles. The fourth-order valence-electron chi connectivity index (χ4n) is 1.25. The van der Waals surface area contributed by atoms with Gasteiger partial charge >= 0.3 is 0 Å². The van der Waals surface area contributed by atoms with Crippen LogP contribution in [0.25, 0.3) is 0 Å². The second-order valence-electron chi connectivity index (χ2n) is 4.07. The Bertz CT molecular complexity index is 256. The molecule has 0 N–H and O–H groups in total. The van der Waals surface area contributed by atoms with Crippen LogP contribution in [0.2, 0.25) is 0 Å². The minimum Gasteiger partial charge on any atom is -0.494 e. The highest BCUT2D eigenvalue weighted by Crippen LogP contribution is 2.11. The van der Waals surface area contributed by atoms with E-state index in [1.807, 2.05) is 0 Å². The van der Waals surface area contributed by atoms with Crippen molar-refractivity contribution in [2.45, 2.75) is 52.9 Å². The predicted octanol–water partition coefficient (Wildman–Crippen LogP) is 5.20. The molecule has 0 atom stereocenters.